The molecule has 3 rings (SSSR count). The number of amides is 1. The first kappa shape index (κ1) is 20.4. The van der Waals surface area contributed by atoms with E-state index in [2.05, 4.69) is 5.32 Å². The summed E-state index contributed by atoms with van der Waals surface area (Å²) in [6.45, 7) is 3.06. The van der Waals surface area contributed by atoms with Crippen molar-refractivity contribution in [1.29, 1.82) is 0 Å². The molecular weight excluding hydrogens is 376 g/mol. The van der Waals surface area contributed by atoms with Gasteiger partial charge in [0.25, 0.3) is 0 Å². The third-order valence-corrected chi connectivity index (χ3v) is 6.13. The number of rotatable bonds is 6. The molecule has 0 aliphatic carbocycles. The van der Waals surface area contributed by atoms with Gasteiger partial charge >= 0.3 is 0 Å². The van der Waals surface area contributed by atoms with Gasteiger partial charge in [-0.05, 0) is 43.0 Å². The highest BCUT2D eigenvalue weighted by atomic mass is 32.2. The molecule has 0 radical (unpaired) electrons. The van der Waals surface area contributed by atoms with E-state index in [9.17, 15) is 13.2 Å². The highest BCUT2D eigenvalue weighted by molar-refractivity contribution is 7.88. The molecule has 1 heterocycles. The maximum absolute atomic E-state index is 12.8. The fourth-order valence-corrected chi connectivity index (χ4v) is 4.19. The van der Waals surface area contributed by atoms with Crippen molar-refractivity contribution in [2.45, 2.75) is 26.4 Å². The van der Waals surface area contributed by atoms with Crippen LogP contribution in [0.1, 0.15) is 24.0 Å². The van der Waals surface area contributed by atoms with Crippen LogP contribution in [0.25, 0.3) is 0 Å². The summed E-state index contributed by atoms with van der Waals surface area (Å²) in [6, 6.07) is 15.4. The average Bonchev–Trinajstić information content (AvgIpc) is 2.68. The first-order valence-corrected chi connectivity index (χ1v) is 11.2. The maximum Gasteiger partial charge on any atom is 0.228 e. The van der Waals surface area contributed by atoms with Gasteiger partial charge in [-0.3, -0.25) is 4.79 Å². The van der Waals surface area contributed by atoms with E-state index >= 15 is 0 Å². The Morgan fingerprint density at radius 1 is 1.21 bits per heavy atom. The van der Waals surface area contributed by atoms with Gasteiger partial charge in [-0.2, -0.15) is 0 Å². The van der Waals surface area contributed by atoms with Gasteiger partial charge < -0.3 is 10.1 Å². The SMILES string of the molecule is Cc1ccc(NC(=O)C2CCCN(S(C)(=O)=O)C2)c(OCc2ccccc2)c1. The van der Waals surface area contributed by atoms with Gasteiger partial charge in [-0.25, -0.2) is 12.7 Å². The van der Waals surface area contributed by atoms with Crippen molar-refractivity contribution >= 4 is 21.6 Å². The quantitative estimate of drug-likeness (QED) is 0.805. The van der Waals surface area contributed by atoms with E-state index in [1.807, 2.05) is 55.5 Å². The lowest BCUT2D eigenvalue weighted by Crippen LogP contribution is -2.43. The first-order valence-electron chi connectivity index (χ1n) is 9.36. The van der Waals surface area contributed by atoms with E-state index < -0.39 is 10.0 Å². The van der Waals surface area contributed by atoms with E-state index in [0.717, 1.165) is 11.1 Å². The minimum atomic E-state index is -3.29. The molecule has 2 aromatic rings. The molecule has 0 bridgehead atoms. The summed E-state index contributed by atoms with van der Waals surface area (Å²) in [5.74, 6) is 0.0569. The van der Waals surface area contributed by atoms with Gasteiger partial charge in [0, 0.05) is 13.1 Å². The number of benzene rings is 2. The molecule has 1 N–H and O–H groups in total. The number of nitrogens with zero attached hydrogens (tertiary/aromatic N) is 1. The molecule has 0 aromatic heterocycles. The Labute approximate surface area is 166 Å². The van der Waals surface area contributed by atoms with Crippen LogP contribution in [0, 0.1) is 12.8 Å². The Balaban J connectivity index is 1.70. The van der Waals surface area contributed by atoms with Crippen LogP contribution in [0.3, 0.4) is 0 Å². The van der Waals surface area contributed by atoms with Crippen molar-refractivity contribution in [3.05, 3.63) is 59.7 Å². The largest absolute Gasteiger partial charge is 0.487 e. The van der Waals surface area contributed by atoms with E-state index in [0.29, 0.717) is 37.4 Å². The summed E-state index contributed by atoms with van der Waals surface area (Å²) in [5.41, 5.74) is 2.67. The first-order chi connectivity index (χ1) is 13.3. The highest BCUT2D eigenvalue weighted by Crippen LogP contribution is 2.28. The summed E-state index contributed by atoms with van der Waals surface area (Å²) in [6.07, 6.45) is 2.53. The number of piperidine rings is 1. The van der Waals surface area contributed by atoms with Gasteiger partial charge in [-0.1, -0.05) is 36.4 Å². The Kier molecular flexibility index (Phi) is 6.36. The minimum absolute atomic E-state index is 0.179. The van der Waals surface area contributed by atoms with Crippen LogP contribution in [-0.2, 0) is 21.4 Å². The topological polar surface area (TPSA) is 75.7 Å². The molecule has 1 saturated heterocycles. The van der Waals surface area contributed by atoms with Gasteiger partial charge in [0.05, 0.1) is 17.9 Å². The highest BCUT2D eigenvalue weighted by Gasteiger charge is 2.30. The number of sulfonamides is 1. The van der Waals surface area contributed by atoms with E-state index in [4.69, 9.17) is 4.74 Å². The second kappa shape index (κ2) is 8.75. The van der Waals surface area contributed by atoms with Gasteiger partial charge in [0.2, 0.25) is 15.9 Å². The Morgan fingerprint density at radius 3 is 2.68 bits per heavy atom. The fraction of sp³-hybridized carbons (Fsp3) is 0.381. The van der Waals surface area contributed by atoms with Crippen LogP contribution in [-0.4, -0.2) is 38.0 Å². The molecule has 1 aliphatic heterocycles. The van der Waals surface area contributed by atoms with Crippen LogP contribution in [0.15, 0.2) is 48.5 Å². The summed E-state index contributed by atoms with van der Waals surface area (Å²) in [5, 5.41) is 2.93. The molecule has 6 nitrogen and oxygen atoms in total. The van der Waals surface area contributed by atoms with Crippen molar-refractivity contribution in [3.63, 3.8) is 0 Å². The molecular formula is C21H26N2O4S. The van der Waals surface area contributed by atoms with Gasteiger partial charge in [0.1, 0.15) is 12.4 Å². The fourth-order valence-electron chi connectivity index (χ4n) is 3.28. The number of ether oxygens (including phenoxy) is 1. The Bertz CT molecular complexity index is 929. The number of aryl methyl sites for hydroxylation is 1. The summed E-state index contributed by atoms with van der Waals surface area (Å²) < 4.78 is 30.9. The van der Waals surface area contributed by atoms with Crippen molar-refractivity contribution in [3.8, 4) is 5.75 Å². The average molecular weight is 403 g/mol. The number of carbonyl (C=O) groups excluding carboxylic acids is 1. The van der Waals surface area contributed by atoms with E-state index in [-0.39, 0.29) is 18.4 Å². The number of anilines is 1. The Hall–Kier alpha value is -2.38. The summed E-state index contributed by atoms with van der Waals surface area (Å²) >= 11 is 0. The van der Waals surface area contributed by atoms with Crippen molar-refractivity contribution in [2.75, 3.05) is 24.7 Å². The van der Waals surface area contributed by atoms with Crippen molar-refractivity contribution in [1.82, 2.24) is 4.31 Å². The molecule has 2 aromatic carbocycles. The number of hydrogen-bond acceptors (Lipinski definition) is 4. The minimum Gasteiger partial charge on any atom is -0.487 e. The molecule has 28 heavy (non-hydrogen) atoms. The molecule has 0 spiro atoms. The lowest BCUT2D eigenvalue weighted by Gasteiger charge is -2.30. The molecule has 150 valence electrons. The molecule has 1 unspecified atom stereocenters. The number of nitrogens with one attached hydrogen (secondary N) is 1. The van der Waals surface area contributed by atoms with Crippen LogP contribution in [0.5, 0.6) is 5.75 Å². The zero-order chi connectivity index (χ0) is 20.1. The third-order valence-electron chi connectivity index (χ3n) is 4.86. The molecule has 7 heteroatoms. The number of carbonyl (C=O) groups is 1. The standard InChI is InChI=1S/C21H26N2O4S/c1-16-10-11-19(20(13-16)27-15-17-7-4-3-5-8-17)22-21(24)18-9-6-12-23(14-18)28(2,25)26/h3-5,7-8,10-11,13,18H,6,9,12,14-15H2,1-2H3,(H,22,24). The van der Waals surface area contributed by atoms with Gasteiger partial charge in [0.15, 0.2) is 0 Å². The molecule has 0 saturated carbocycles. The van der Waals surface area contributed by atoms with E-state index in [1.54, 1.807) is 0 Å². The molecule has 1 fully saturated rings. The number of hydrogen-bond donors (Lipinski definition) is 1. The van der Waals surface area contributed by atoms with Crippen molar-refractivity contribution < 1.29 is 17.9 Å². The third kappa shape index (κ3) is 5.33. The second-order valence-electron chi connectivity index (χ2n) is 7.22. The van der Waals surface area contributed by atoms with Crippen LogP contribution >= 0.6 is 0 Å². The van der Waals surface area contributed by atoms with Crippen LogP contribution in [0.2, 0.25) is 0 Å². The van der Waals surface area contributed by atoms with Crippen molar-refractivity contribution in [2.24, 2.45) is 5.92 Å². The zero-order valence-corrected chi connectivity index (χ0v) is 17.0. The predicted octanol–water partition coefficient (Wildman–Crippen LogP) is 3.18. The molecule has 1 amide bonds. The lowest BCUT2D eigenvalue weighted by atomic mass is 9.98. The summed E-state index contributed by atoms with van der Waals surface area (Å²) in [4.78, 5) is 12.8. The van der Waals surface area contributed by atoms with E-state index in [1.165, 1.54) is 10.6 Å². The maximum atomic E-state index is 12.8. The van der Waals surface area contributed by atoms with Gasteiger partial charge in [-0.15, -0.1) is 0 Å². The smallest absolute Gasteiger partial charge is 0.228 e. The van der Waals surface area contributed by atoms with Crippen LogP contribution < -0.4 is 10.1 Å². The second-order valence-corrected chi connectivity index (χ2v) is 9.21. The normalized spacial score (nSPS) is 17.9. The predicted molar refractivity (Wildman–Crippen MR) is 110 cm³/mol. The lowest BCUT2D eigenvalue weighted by molar-refractivity contribution is -0.120. The zero-order valence-electron chi connectivity index (χ0n) is 16.2. The summed E-state index contributed by atoms with van der Waals surface area (Å²) in [7, 11) is -3.29. The monoisotopic (exact) mass is 402 g/mol. The molecule has 1 aliphatic rings. The Morgan fingerprint density at radius 2 is 1.96 bits per heavy atom. The molecule has 1 atom stereocenters. The van der Waals surface area contributed by atoms with Crippen LogP contribution in [0.4, 0.5) is 5.69 Å².